The molecule has 0 fully saturated rings. The fraction of sp³-hybridized carbons (Fsp3) is 0.250. The maximum Gasteiger partial charge on any atom is 0.234 e. The largest absolute Gasteiger partial charge is 0.396 e. The fourth-order valence-electron chi connectivity index (χ4n) is 1.17. The molecule has 0 atom stereocenters. The van der Waals surface area contributed by atoms with E-state index in [1.54, 1.807) is 6.20 Å². The summed E-state index contributed by atoms with van der Waals surface area (Å²) in [7, 11) is 0. The molecule has 4 heteroatoms. The number of nitrogens with two attached hydrogens (primary N) is 1. The summed E-state index contributed by atoms with van der Waals surface area (Å²) < 4.78 is 1.89. The molecule has 0 spiro atoms. The van der Waals surface area contributed by atoms with Gasteiger partial charge in [0.15, 0.2) is 0 Å². The molecular weight excluding hydrogens is 152 g/mol. The van der Waals surface area contributed by atoms with E-state index in [1.807, 2.05) is 24.4 Å². The zero-order valence-electron chi connectivity index (χ0n) is 7.07. The normalized spacial score (nSPS) is 10.8. The lowest BCUT2D eigenvalue weighted by atomic mass is 10.4. The molecule has 0 radical (unpaired) electrons. The lowest BCUT2D eigenvalue weighted by molar-refractivity contribution is 1.06. The third-order valence-corrected chi connectivity index (χ3v) is 1.98. The average molecular weight is 162 g/mol. The highest BCUT2D eigenvalue weighted by Crippen LogP contribution is 2.10. The van der Waals surface area contributed by atoms with Crippen molar-refractivity contribution in [3.05, 3.63) is 23.8 Å². The molecule has 0 aromatic carbocycles. The minimum atomic E-state index is 0.656. The first-order valence-electron chi connectivity index (χ1n) is 3.75. The Morgan fingerprint density at radius 1 is 1.42 bits per heavy atom. The number of aromatic nitrogens is 3. The molecule has 0 amide bonds. The smallest absolute Gasteiger partial charge is 0.234 e. The second kappa shape index (κ2) is 2.20. The van der Waals surface area contributed by atoms with Gasteiger partial charge in [-0.3, -0.25) is 4.40 Å². The summed E-state index contributed by atoms with van der Waals surface area (Å²) in [5.41, 5.74) is 8.33. The van der Waals surface area contributed by atoms with Crippen molar-refractivity contribution in [3.63, 3.8) is 0 Å². The highest BCUT2D eigenvalue weighted by Gasteiger charge is 2.03. The number of nitrogen functional groups attached to an aromatic ring is 1. The predicted octanol–water partition coefficient (Wildman–Crippen LogP) is 0.928. The Kier molecular flexibility index (Phi) is 1.30. The van der Waals surface area contributed by atoms with E-state index in [0.717, 1.165) is 11.4 Å². The van der Waals surface area contributed by atoms with E-state index in [0.29, 0.717) is 11.5 Å². The van der Waals surface area contributed by atoms with Crippen molar-refractivity contribution in [3.8, 4) is 0 Å². The average Bonchev–Trinajstić information content (AvgIpc) is 2.31. The van der Waals surface area contributed by atoms with Crippen LogP contribution in [0.3, 0.4) is 0 Å². The lowest BCUT2D eigenvalue weighted by Gasteiger charge is -1.96. The van der Waals surface area contributed by atoms with Crippen LogP contribution in [0, 0.1) is 13.8 Å². The van der Waals surface area contributed by atoms with Gasteiger partial charge in [-0.05, 0) is 13.8 Å². The van der Waals surface area contributed by atoms with Crippen molar-refractivity contribution >= 4 is 11.5 Å². The molecule has 12 heavy (non-hydrogen) atoms. The summed E-state index contributed by atoms with van der Waals surface area (Å²) >= 11 is 0. The highest BCUT2D eigenvalue weighted by molar-refractivity contribution is 5.42. The molecule has 4 nitrogen and oxygen atoms in total. The topological polar surface area (TPSA) is 56.2 Å². The Morgan fingerprint density at radius 2 is 2.17 bits per heavy atom. The molecule has 2 rings (SSSR count). The van der Waals surface area contributed by atoms with Crippen LogP contribution in [0.25, 0.3) is 5.78 Å². The molecule has 0 aliphatic carbocycles. The number of imidazole rings is 1. The minimum absolute atomic E-state index is 0.656. The highest BCUT2D eigenvalue weighted by atomic mass is 15.1. The van der Waals surface area contributed by atoms with Gasteiger partial charge in [0.05, 0.1) is 17.6 Å². The number of rotatable bonds is 0. The van der Waals surface area contributed by atoms with Gasteiger partial charge < -0.3 is 5.73 Å². The minimum Gasteiger partial charge on any atom is -0.396 e. The van der Waals surface area contributed by atoms with Crippen LogP contribution in [0.1, 0.15) is 11.4 Å². The number of hydrogen-bond donors (Lipinski definition) is 1. The van der Waals surface area contributed by atoms with E-state index < -0.39 is 0 Å². The second-order valence-corrected chi connectivity index (χ2v) is 2.84. The summed E-state index contributed by atoms with van der Waals surface area (Å²) in [6.07, 6.45) is 3.44. The zero-order valence-corrected chi connectivity index (χ0v) is 7.07. The van der Waals surface area contributed by atoms with Crippen LogP contribution in [0.5, 0.6) is 0 Å². The predicted molar refractivity (Wildman–Crippen MR) is 46.9 cm³/mol. The van der Waals surface area contributed by atoms with Crippen molar-refractivity contribution in [2.24, 2.45) is 0 Å². The Hall–Kier alpha value is -1.58. The molecule has 0 unspecified atom stereocenters. The van der Waals surface area contributed by atoms with E-state index in [-0.39, 0.29) is 0 Å². The van der Waals surface area contributed by atoms with Crippen molar-refractivity contribution in [2.45, 2.75) is 13.8 Å². The molecule has 0 saturated carbocycles. The van der Waals surface area contributed by atoms with Crippen LogP contribution in [0.2, 0.25) is 0 Å². The Bertz CT molecular complexity index is 430. The van der Waals surface area contributed by atoms with Crippen LogP contribution >= 0.6 is 0 Å². The van der Waals surface area contributed by atoms with E-state index >= 15 is 0 Å². The number of anilines is 1. The summed E-state index contributed by atoms with van der Waals surface area (Å²) in [4.78, 5) is 8.34. The molecule has 2 heterocycles. The van der Waals surface area contributed by atoms with Crippen LogP contribution in [0.4, 0.5) is 5.69 Å². The third kappa shape index (κ3) is 0.845. The Labute approximate surface area is 70.1 Å². The van der Waals surface area contributed by atoms with Gasteiger partial charge in [-0.15, -0.1) is 0 Å². The van der Waals surface area contributed by atoms with Gasteiger partial charge in [-0.25, -0.2) is 9.97 Å². The van der Waals surface area contributed by atoms with Gasteiger partial charge in [0.1, 0.15) is 0 Å². The van der Waals surface area contributed by atoms with Crippen molar-refractivity contribution in [2.75, 3.05) is 5.73 Å². The van der Waals surface area contributed by atoms with E-state index in [9.17, 15) is 0 Å². The van der Waals surface area contributed by atoms with Gasteiger partial charge in [0.2, 0.25) is 5.78 Å². The van der Waals surface area contributed by atoms with Crippen molar-refractivity contribution in [1.29, 1.82) is 0 Å². The summed E-state index contributed by atoms with van der Waals surface area (Å²) in [6.45, 7) is 3.96. The summed E-state index contributed by atoms with van der Waals surface area (Å²) in [5, 5.41) is 0. The summed E-state index contributed by atoms with van der Waals surface area (Å²) in [6, 6.07) is 0. The van der Waals surface area contributed by atoms with E-state index in [2.05, 4.69) is 9.97 Å². The van der Waals surface area contributed by atoms with Gasteiger partial charge in [0, 0.05) is 11.9 Å². The van der Waals surface area contributed by atoms with Crippen LogP contribution in [-0.2, 0) is 0 Å². The zero-order chi connectivity index (χ0) is 8.72. The number of nitrogens with zero attached hydrogens (tertiary/aromatic N) is 3. The molecule has 2 aromatic heterocycles. The molecule has 0 bridgehead atoms. The second-order valence-electron chi connectivity index (χ2n) is 2.84. The fourth-order valence-corrected chi connectivity index (χ4v) is 1.17. The van der Waals surface area contributed by atoms with Crippen molar-refractivity contribution in [1.82, 2.24) is 14.4 Å². The molecule has 2 aromatic rings. The number of fused-ring (bicyclic) bond motifs is 1. The SMILES string of the molecule is Cc1nc2ncc(N)cn2c1C. The third-order valence-electron chi connectivity index (χ3n) is 1.98. The van der Waals surface area contributed by atoms with Gasteiger partial charge in [-0.2, -0.15) is 0 Å². The molecule has 2 N–H and O–H groups in total. The van der Waals surface area contributed by atoms with Crippen LogP contribution in [0.15, 0.2) is 12.4 Å². The molecule has 0 saturated heterocycles. The van der Waals surface area contributed by atoms with E-state index in [4.69, 9.17) is 5.73 Å². The van der Waals surface area contributed by atoms with Gasteiger partial charge in [-0.1, -0.05) is 0 Å². The Morgan fingerprint density at radius 3 is 2.92 bits per heavy atom. The van der Waals surface area contributed by atoms with Crippen LogP contribution < -0.4 is 5.73 Å². The Balaban J connectivity index is 2.88. The molecule has 0 aliphatic heterocycles. The molecule has 0 aliphatic rings. The van der Waals surface area contributed by atoms with Crippen LogP contribution in [-0.4, -0.2) is 14.4 Å². The first-order chi connectivity index (χ1) is 5.68. The molecular formula is C8H10N4. The maximum absolute atomic E-state index is 5.59. The maximum atomic E-state index is 5.59. The quantitative estimate of drug-likeness (QED) is 0.627. The number of aryl methyl sites for hydroxylation is 2. The van der Waals surface area contributed by atoms with Crippen molar-refractivity contribution < 1.29 is 0 Å². The number of hydrogen-bond acceptors (Lipinski definition) is 3. The van der Waals surface area contributed by atoms with E-state index in [1.165, 1.54) is 0 Å². The van der Waals surface area contributed by atoms with Gasteiger partial charge >= 0.3 is 0 Å². The first-order valence-corrected chi connectivity index (χ1v) is 3.75. The first kappa shape index (κ1) is 7.09. The van der Waals surface area contributed by atoms with Gasteiger partial charge in [0.25, 0.3) is 0 Å². The lowest BCUT2D eigenvalue weighted by Crippen LogP contribution is -1.94. The molecule has 62 valence electrons. The summed E-state index contributed by atoms with van der Waals surface area (Å²) in [5.74, 6) is 0.708. The standard InChI is InChI=1S/C8H10N4/c1-5-6(2)12-4-7(9)3-10-8(12)11-5/h3-4H,9H2,1-2H3. The monoisotopic (exact) mass is 162 g/mol.